The molecule has 0 unspecified atom stereocenters. The number of hydrogen-bond donors (Lipinski definition) is 0. The molecular formula is C14H11NO2. The Morgan fingerprint density at radius 2 is 1.88 bits per heavy atom. The van der Waals surface area contributed by atoms with Crippen molar-refractivity contribution < 1.29 is 9.59 Å². The highest BCUT2D eigenvalue weighted by Gasteiger charge is 2.28. The zero-order chi connectivity index (χ0) is 11.8. The summed E-state index contributed by atoms with van der Waals surface area (Å²) in [6.07, 6.45) is 1.21. The van der Waals surface area contributed by atoms with Gasteiger partial charge in [0.2, 0.25) is 0 Å². The summed E-state index contributed by atoms with van der Waals surface area (Å²) in [5.41, 5.74) is 1.66. The molecule has 1 amide bonds. The summed E-state index contributed by atoms with van der Waals surface area (Å²) in [5.74, 6) is -0.00125. The molecule has 0 radical (unpaired) electrons. The van der Waals surface area contributed by atoms with Crippen molar-refractivity contribution in [3.8, 4) is 0 Å². The number of hydrogen-bond acceptors (Lipinski definition) is 2. The number of carbonyl (C=O) groups is 2. The van der Waals surface area contributed by atoms with Gasteiger partial charge in [-0.15, -0.1) is 0 Å². The largest absolute Gasteiger partial charge is 0.307 e. The summed E-state index contributed by atoms with van der Waals surface area (Å²) >= 11 is 0. The molecule has 2 aromatic carbocycles. The number of carbonyl (C=O) groups excluding carboxylic acids is 2. The number of anilines is 1. The summed E-state index contributed by atoms with van der Waals surface area (Å²) in [5, 5.41) is 2.08. The second-order valence-electron chi connectivity index (χ2n) is 4.09. The van der Waals surface area contributed by atoms with Crippen molar-refractivity contribution >= 4 is 28.7 Å². The Hall–Kier alpha value is -2.16. The van der Waals surface area contributed by atoms with E-state index in [0.717, 1.165) is 28.3 Å². The molecule has 0 spiro atoms. The van der Waals surface area contributed by atoms with Crippen molar-refractivity contribution in [2.45, 2.75) is 6.42 Å². The standard InChI is InChI=1S/C14H11NO2/c16-9-3-8-15-12-7-2-5-10-4-1-6-11(13(10)12)14(15)17/h1-2,4-7,9H,3,8H2. The Bertz CT molecular complexity index is 613. The van der Waals surface area contributed by atoms with Crippen LogP contribution in [0, 0.1) is 0 Å². The minimum atomic E-state index is -0.00125. The van der Waals surface area contributed by atoms with Gasteiger partial charge in [-0.1, -0.05) is 24.3 Å². The third-order valence-electron chi connectivity index (χ3n) is 3.12. The molecule has 0 aliphatic carbocycles. The van der Waals surface area contributed by atoms with Gasteiger partial charge in [0.1, 0.15) is 6.29 Å². The Balaban J connectivity index is 2.20. The van der Waals surface area contributed by atoms with Crippen molar-refractivity contribution in [3.05, 3.63) is 42.0 Å². The molecule has 0 bridgehead atoms. The molecule has 0 atom stereocenters. The molecule has 3 rings (SSSR count). The summed E-state index contributed by atoms with van der Waals surface area (Å²) in [6.45, 7) is 0.454. The molecule has 1 aliphatic heterocycles. The van der Waals surface area contributed by atoms with E-state index in [1.807, 2.05) is 36.4 Å². The molecule has 1 aliphatic rings. The van der Waals surface area contributed by atoms with Crippen LogP contribution in [0.25, 0.3) is 10.8 Å². The van der Waals surface area contributed by atoms with Crippen LogP contribution < -0.4 is 4.90 Å². The van der Waals surface area contributed by atoms with Gasteiger partial charge in [-0.25, -0.2) is 0 Å². The van der Waals surface area contributed by atoms with E-state index in [9.17, 15) is 9.59 Å². The molecule has 0 aromatic heterocycles. The third-order valence-corrected chi connectivity index (χ3v) is 3.12. The Labute approximate surface area is 98.6 Å². The zero-order valence-corrected chi connectivity index (χ0v) is 9.22. The monoisotopic (exact) mass is 225 g/mol. The van der Waals surface area contributed by atoms with E-state index in [-0.39, 0.29) is 5.91 Å². The summed E-state index contributed by atoms with van der Waals surface area (Å²) in [7, 11) is 0. The molecule has 2 aromatic rings. The molecule has 0 saturated carbocycles. The van der Waals surface area contributed by atoms with E-state index in [0.29, 0.717) is 13.0 Å². The van der Waals surface area contributed by atoms with Crippen molar-refractivity contribution in [2.75, 3.05) is 11.4 Å². The van der Waals surface area contributed by atoms with Crippen LogP contribution in [0.15, 0.2) is 36.4 Å². The molecule has 1 heterocycles. The van der Waals surface area contributed by atoms with Crippen LogP contribution in [0.3, 0.4) is 0 Å². The van der Waals surface area contributed by atoms with Gasteiger partial charge < -0.3 is 9.69 Å². The molecular weight excluding hydrogens is 214 g/mol. The SMILES string of the molecule is O=CCCN1C(=O)c2cccc3cccc1c23. The Morgan fingerprint density at radius 3 is 2.65 bits per heavy atom. The van der Waals surface area contributed by atoms with Gasteiger partial charge in [0.25, 0.3) is 5.91 Å². The van der Waals surface area contributed by atoms with Crippen molar-refractivity contribution in [1.29, 1.82) is 0 Å². The lowest BCUT2D eigenvalue weighted by Gasteiger charge is -2.15. The lowest BCUT2D eigenvalue weighted by Crippen LogP contribution is -2.27. The lowest BCUT2D eigenvalue weighted by atomic mass is 10.1. The van der Waals surface area contributed by atoms with Gasteiger partial charge in [-0.05, 0) is 17.5 Å². The molecule has 17 heavy (non-hydrogen) atoms. The minimum Gasteiger partial charge on any atom is -0.307 e. The molecule has 3 heteroatoms. The van der Waals surface area contributed by atoms with Crippen molar-refractivity contribution in [3.63, 3.8) is 0 Å². The zero-order valence-electron chi connectivity index (χ0n) is 9.22. The summed E-state index contributed by atoms with van der Waals surface area (Å²) in [6, 6.07) is 11.6. The van der Waals surface area contributed by atoms with Gasteiger partial charge in [-0.2, -0.15) is 0 Å². The number of amides is 1. The van der Waals surface area contributed by atoms with Crippen molar-refractivity contribution in [2.24, 2.45) is 0 Å². The van der Waals surface area contributed by atoms with E-state index >= 15 is 0 Å². The topological polar surface area (TPSA) is 37.4 Å². The second kappa shape index (κ2) is 3.70. The van der Waals surface area contributed by atoms with Gasteiger partial charge in [0.15, 0.2) is 0 Å². The highest BCUT2D eigenvalue weighted by molar-refractivity contribution is 6.25. The van der Waals surface area contributed by atoms with Crippen LogP contribution in [-0.4, -0.2) is 18.7 Å². The Morgan fingerprint density at radius 1 is 1.12 bits per heavy atom. The van der Waals surface area contributed by atoms with Crippen LogP contribution in [0.1, 0.15) is 16.8 Å². The molecule has 0 saturated heterocycles. The number of rotatable bonds is 3. The van der Waals surface area contributed by atoms with E-state index in [4.69, 9.17) is 0 Å². The van der Waals surface area contributed by atoms with Crippen LogP contribution >= 0.6 is 0 Å². The van der Waals surface area contributed by atoms with Crippen LogP contribution in [0.5, 0.6) is 0 Å². The average molecular weight is 225 g/mol. The van der Waals surface area contributed by atoms with E-state index in [1.165, 1.54) is 0 Å². The maximum Gasteiger partial charge on any atom is 0.259 e. The second-order valence-corrected chi connectivity index (χ2v) is 4.09. The quantitative estimate of drug-likeness (QED) is 0.752. The maximum atomic E-state index is 12.2. The smallest absolute Gasteiger partial charge is 0.259 e. The summed E-state index contributed by atoms with van der Waals surface area (Å²) < 4.78 is 0. The Kier molecular flexibility index (Phi) is 2.18. The van der Waals surface area contributed by atoms with E-state index in [1.54, 1.807) is 4.90 Å². The first-order valence-corrected chi connectivity index (χ1v) is 5.60. The van der Waals surface area contributed by atoms with E-state index in [2.05, 4.69) is 0 Å². The maximum absolute atomic E-state index is 12.2. The van der Waals surface area contributed by atoms with Crippen LogP contribution in [-0.2, 0) is 4.79 Å². The normalized spacial score (nSPS) is 13.4. The van der Waals surface area contributed by atoms with Gasteiger partial charge in [0, 0.05) is 23.9 Å². The van der Waals surface area contributed by atoms with Gasteiger partial charge in [0.05, 0.1) is 5.69 Å². The van der Waals surface area contributed by atoms with Crippen molar-refractivity contribution in [1.82, 2.24) is 0 Å². The first kappa shape index (κ1) is 10.0. The van der Waals surface area contributed by atoms with Gasteiger partial charge in [-0.3, -0.25) is 4.79 Å². The number of nitrogens with zero attached hydrogens (tertiary/aromatic N) is 1. The fraction of sp³-hybridized carbons (Fsp3) is 0.143. The molecule has 84 valence electrons. The lowest BCUT2D eigenvalue weighted by molar-refractivity contribution is -0.107. The fourth-order valence-electron chi connectivity index (χ4n) is 2.38. The third kappa shape index (κ3) is 1.35. The predicted molar refractivity (Wildman–Crippen MR) is 66.3 cm³/mol. The average Bonchev–Trinajstić information content (AvgIpc) is 2.64. The van der Waals surface area contributed by atoms with E-state index < -0.39 is 0 Å². The first-order valence-electron chi connectivity index (χ1n) is 5.60. The fourth-order valence-corrected chi connectivity index (χ4v) is 2.38. The highest BCUT2D eigenvalue weighted by Crippen LogP contribution is 2.36. The highest BCUT2D eigenvalue weighted by atomic mass is 16.2. The number of aldehydes is 1. The minimum absolute atomic E-state index is 0.00125. The molecule has 0 N–H and O–H groups in total. The first-order chi connectivity index (χ1) is 8.33. The molecule has 3 nitrogen and oxygen atoms in total. The number of benzene rings is 2. The predicted octanol–water partition coefficient (Wildman–Crippen LogP) is 2.39. The van der Waals surface area contributed by atoms with Crippen LogP contribution in [0.2, 0.25) is 0 Å². The summed E-state index contributed by atoms with van der Waals surface area (Å²) in [4.78, 5) is 24.3. The molecule has 0 fully saturated rings. The van der Waals surface area contributed by atoms with Crippen LogP contribution in [0.4, 0.5) is 5.69 Å². The van der Waals surface area contributed by atoms with Gasteiger partial charge >= 0.3 is 0 Å².